The van der Waals surface area contributed by atoms with Crippen molar-refractivity contribution in [2.45, 2.75) is 44.0 Å². The highest BCUT2D eigenvalue weighted by Crippen LogP contribution is 2.38. The molecular formula is C27H26ClF3N2O7S. The van der Waals surface area contributed by atoms with Crippen molar-refractivity contribution in [2.24, 2.45) is 0 Å². The van der Waals surface area contributed by atoms with Gasteiger partial charge in [-0.1, -0.05) is 11.6 Å². The number of carboxylic acid groups (broad SMARTS) is 1. The van der Waals surface area contributed by atoms with E-state index in [0.717, 1.165) is 30.2 Å². The van der Waals surface area contributed by atoms with Crippen LogP contribution in [0.25, 0.3) is 11.1 Å². The molecule has 0 bridgehead atoms. The monoisotopic (exact) mass is 614 g/mol. The Hall–Kier alpha value is -3.55. The zero-order valence-electron chi connectivity index (χ0n) is 21.7. The lowest BCUT2D eigenvalue weighted by Crippen LogP contribution is -2.36. The van der Waals surface area contributed by atoms with Crippen LogP contribution < -0.4 is 20.3 Å². The third kappa shape index (κ3) is 7.80. The van der Waals surface area contributed by atoms with Crippen LogP contribution in [-0.2, 0) is 9.53 Å². The van der Waals surface area contributed by atoms with Crippen molar-refractivity contribution in [2.75, 3.05) is 25.6 Å². The highest BCUT2D eigenvalue weighted by molar-refractivity contribution is 7.18. The van der Waals surface area contributed by atoms with Gasteiger partial charge in [0.05, 0.1) is 24.4 Å². The number of pyridine rings is 1. The highest BCUT2D eigenvalue weighted by atomic mass is 35.5. The number of nitrogens with zero attached hydrogens (tertiary/aromatic N) is 1. The van der Waals surface area contributed by atoms with Crippen molar-refractivity contribution < 1.29 is 42.1 Å². The molecule has 1 aromatic carbocycles. The number of aromatic carboxylic acids is 1. The molecule has 3 aromatic rings. The van der Waals surface area contributed by atoms with Crippen LogP contribution >= 0.6 is 22.9 Å². The van der Waals surface area contributed by atoms with Gasteiger partial charge >= 0.3 is 12.1 Å². The van der Waals surface area contributed by atoms with E-state index < -0.39 is 36.3 Å². The van der Waals surface area contributed by atoms with E-state index >= 15 is 0 Å². The molecule has 1 unspecified atom stereocenters. The molecule has 2 atom stereocenters. The molecule has 2 aromatic heterocycles. The number of alkyl halides is 3. The number of thiophene rings is 1. The number of anilines is 1. The summed E-state index contributed by atoms with van der Waals surface area (Å²) >= 11 is 6.99. The fraction of sp³-hybridized carbons (Fsp3) is 0.370. The molecule has 1 aliphatic rings. The molecule has 0 aliphatic carbocycles. The Kier molecular flexibility index (Phi) is 9.61. The molecule has 0 spiro atoms. The molecule has 9 nitrogen and oxygen atoms in total. The first-order valence-electron chi connectivity index (χ1n) is 12.5. The smallest absolute Gasteiger partial charge is 0.422 e. The lowest BCUT2D eigenvalue weighted by atomic mass is 10.00. The van der Waals surface area contributed by atoms with Gasteiger partial charge in [0.1, 0.15) is 22.4 Å². The number of hydrogen-bond donors (Lipinski definition) is 2. The van der Waals surface area contributed by atoms with Crippen LogP contribution in [0.5, 0.6) is 11.5 Å². The Balaban J connectivity index is 1.73. The minimum absolute atomic E-state index is 0.0284. The van der Waals surface area contributed by atoms with Crippen LogP contribution in [0.15, 0.2) is 47.4 Å². The summed E-state index contributed by atoms with van der Waals surface area (Å²) in [5, 5.41) is 12.4. The van der Waals surface area contributed by atoms with E-state index in [4.69, 9.17) is 25.8 Å². The first-order chi connectivity index (χ1) is 19.4. The number of halogens is 4. The summed E-state index contributed by atoms with van der Waals surface area (Å²) in [6, 6.07) is 6.84. The number of carbonyl (C=O) groups is 2. The van der Waals surface area contributed by atoms with Crippen LogP contribution in [0.3, 0.4) is 0 Å². The zero-order valence-corrected chi connectivity index (χ0v) is 23.3. The number of amides is 1. The molecule has 4 rings (SSSR count). The lowest BCUT2D eigenvalue weighted by Gasteiger charge is -2.28. The van der Waals surface area contributed by atoms with E-state index in [-0.39, 0.29) is 50.1 Å². The first-order valence-corrected chi connectivity index (χ1v) is 13.7. The molecule has 2 N–H and O–H groups in total. The lowest BCUT2D eigenvalue weighted by molar-refractivity contribution is -0.153. The van der Waals surface area contributed by atoms with Crippen LogP contribution in [0, 0.1) is 0 Å². The number of rotatable bonds is 10. The standard InChI is InChI=1S/C27H26ClF3N2O7S/c1-38-21-13-33(24(34)12-18(21)17-10-15(28)5-6-20(17)40-14-27(29,30)31)19(11-16-4-2-3-9-39-16)25(35)32-23-8-7-22(41-23)26(36)37/h5-8,10,12-13,16,19H,2-4,9,11,14H2,1H3,(H,32,35)(H,36,37)/t16-,19?/m0/s1. The van der Waals surface area contributed by atoms with Crippen LogP contribution in [0.4, 0.5) is 18.2 Å². The van der Waals surface area contributed by atoms with Gasteiger partial charge in [0.2, 0.25) is 5.91 Å². The van der Waals surface area contributed by atoms with E-state index in [1.54, 1.807) is 0 Å². The molecule has 1 fully saturated rings. The molecule has 3 heterocycles. The van der Waals surface area contributed by atoms with Gasteiger partial charge in [-0.25, -0.2) is 4.79 Å². The summed E-state index contributed by atoms with van der Waals surface area (Å²) in [6.45, 7) is -1.05. The molecule has 1 aliphatic heterocycles. The Morgan fingerprint density at radius 2 is 1.95 bits per heavy atom. The van der Waals surface area contributed by atoms with Crippen molar-refractivity contribution in [1.29, 1.82) is 0 Å². The number of hydrogen-bond acceptors (Lipinski definition) is 7. The summed E-state index contributed by atoms with van der Waals surface area (Å²) in [5.74, 6) is -1.81. The van der Waals surface area contributed by atoms with Crippen LogP contribution in [0.2, 0.25) is 5.02 Å². The third-order valence-corrected chi connectivity index (χ3v) is 7.57. The van der Waals surface area contributed by atoms with Crippen molar-refractivity contribution in [3.05, 3.63) is 62.8 Å². The summed E-state index contributed by atoms with van der Waals surface area (Å²) in [7, 11) is 1.31. The predicted molar refractivity (Wildman–Crippen MR) is 146 cm³/mol. The fourth-order valence-electron chi connectivity index (χ4n) is 4.46. The molecule has 0 saturated carbocycles. The Morgan fingerprint density at radius 1 is 1.20 bits per heavy atom. The highest BCUT2D eigenvalue weighted by Gasteiger charge is 2.31. The molecule has 1 amide bonds. The fourth-order valence-corrected chi connectivity index (χ4v) is 5.38. The maximum atomic E-state index is 13.5. The third-order valence-electron chi connectivity index (χ3n) is 6.35. The second-order valence-electron chi connectivity index (χ2n) is 9.24. The van der Waals surface area contributed by atoms with Gasteiger partial charge in [0.25, 0.3) is 5.56 Å². The molecule has 14 heteroatoms. The van der Waals surface area contributed by atoms with Gasteiger partial charge in [-0.15, -0.1) is 11.3 Å². The first kappa shape index (κ1) is 30.4. The number of benzene rings is 1. The van der Waals surface area contributed by atoms with E-state index in [2.05, 4.69) is 5.32 Å². The van der Waals surface area contributed by atoms with Gasteiger partial charge in [0.15, 0.2) is 6.61 Å². The maximum absolute atomic E-state index is 13.5. The van der Waals surface area contributed by atoms with E-state index in [9.17, 15) is 32.7 Å². The SMILES string of the molecule is COc1cn(C(C[C@@H]2CCCCO2)C(=O)Nc2ccc(C(=O)O)s2)c(=O)cc1-c1cc(Cl)ccc1OCC(F)(F)F. The van der Waals surface area contributed by atoms with Crippen LogP contribution in [-0.4, -0.2) is 54.2 Å². The quantitative estimate of drug-likeness (QED) is 0.287. The summed E-state index contributed by atoms with van der Waals surface area (Å²) in [4.78, 5) is 38.3. The summed E-state index contributed by atoms with van der Waals surface area (Å²) < 4.78 is 56.1. The second kappa shape index (κ2) is 13.0. The van der Waals surface area contributed by atoms with Crippen molar-refractivity contribution in [3.8, 4) is 22.6 Å². The number of ether oxygens (including phenoxy) is 3. The molecule has 220 valence electrons. The van der Waals surface area contributed by atoms with Crippen LogP contribution in [0.1, 0.15) is 41.4 Å². The maximum Gasteiger partial charge on any atom is 0.422 e. The van der Waals surface area contributed by atoms with Gasteiger partial charge in [-0.2, -0.15) is 13.2 Å². The number of methoxy groups -OCH3 is 1. The van der Waals surface area contributed by atoms with Crippen molar-refractivity contribution in [1.82, 2.24) is 4.57 Å². The van der Waals surface area contributed by atoms with Gasteiger partial charge in [-0.3, -0.25) is 14.2 Å². The zero-order chi connectivity index (χ0) is 29.7. The minimum Gasteiger partial charge on any atom is -0.495 e. The molecular weight excluding hydrogens is 589 g/mol. The minimum atomic E-state index is -4.60. The van der Waals surface area contributed by atoms with Gasteiger partial charge in [0, 0.05) is 35.2 Å². The normalized spacial score (nSPS) is 16.2. The molecule has 0 radical (unpaired) electrons. The largest absolute Gasteiger partial charge is 0.495 e. The number of aromatic nitrogens is 1. The average Bonchev–Trinajstić information content (AvgIpc) is 3.40. The number of carbonyl (C=O) groups excluding carboxylic acids is 1. The number of nitrogens with one attached hydrogen (secondary N) is 1. The Morgan fingerprint density at radius 3 is 2.59 bits per heavy atom. The Bertz CT molecular complexity index is 1470. The Labute approximate surface area is 241 Å². The van der Waals surface area contributed by atoms with Gasteiger partial charge in [-0.05, 0) is 49.6 Å². The summed E-state index contributed by atoms with van der Waals surface area (Å²) in [6.07, 6.45) is -1.03. The van der Waals surface area contributed by atoms with E-state index in [0.29, 0.717) is 13.0 Å². The molecule has 1 saturated heterocycles. The van der Waals surface area contributed by atoms with E-state index in [1.165, 1.54) is 48.2 Å². The predicted octanol–water partition coefficient (Wildman–Crippen LogP) is 6.02. The number of carboxylic acids is 1. The van der Waals surface area contributed by atoms with Crippen molar-refractivity contribution >= 4 is 39.8 Å². The van der Waals surface area contributed by atoms with Gasteiger partial charge < -0.3 is 24.6 Å². The van der Waals surface area contributed by atoms with Crippen molar-refractivity contribution in [3.63, 3.8) is 0 Å². The topological polar surface area (TPSA) is 116 Å². The molecule has 41 heavy (non-hydrogen) atoms. The van der Waals surface area contributed by atoms with E-state index in [1.807, 2.05) is 0 Å². The average molecular weight is 615 g/mol. The summed E-state index contributed by atoms with van der Waals surface area (Å²) in [5.41, 5.74) is -0.430. The second-order valence-corrected chi connectivity index (χ2v) is 10.8.